The van der Waals surface area contributed by atoms with Crippen molar-refractivity contribution in [3.63, 3.8) is 0 Å². The van der Waals surface area contributed by atoms with Crippen molar-refractivity contribution >= 4 is 39.6 Å². The summed E-state index contributed by atoms with van der Waals surface area (Å²) in [5, 5.41) is 4.02. The molecule has 5 rings (SSSR count). The summed E-state index contributed by atoms with van der Waals surface area (Å²) in [5.74, 6) is 0. The van der Waals surface area contributed by atoms with Gasteiger partial charge in [0.2, 0.25) is 10.0 Å². The van der Waals surface area contributed by atoms with Crippen LogP contribution in [0.1, 0.15) is 59.8 Å². The van der Waals surface area contributed by atoms with Gasteiger partial charge in [-0.1, -0.05) is 0 Å². The van der Waals surface area contributed by atoms with Crippen LogP contribution in [0.4, 0.5) is 4.79 Å². The van der Waals surface area contributed by atoms with E-state index in [1.54, 1.807) is 11.8 Å². The number of carbonyl (C=O) groups excluding carboxylic acids is 1. The first-order valence-corrected chi connectivity index (χ1v) is 15.2. The van der Waals surface area contributed by atoms with Gasteiger partial charge >= 0.3 is 6.03 Å². The summed E-state index contributed by atoms with van der Waals surface area (Å²) >= 11 is 3.56. The molecule has 0 spiro atoms. The van der Waals surface area contributed by atoms with Gasteiger partial charge in [-0.3, -0.25) is 4.90 Å². The normalized spacial score (nSPS) is 43.7. The molecule has 0 aromatic rings. The number of carbonyl (C=O) groups is 1. The van der Waals surface area contributed by atoms with Crippen molar-refractivity contribution in [2.24, 2.45) is 0 Å². The van der Waals surface area contributed by atoms with E-state index in [4.69, 9.17) is 0 Å². The highest BCUT2D eigenvalue weighted by atomic mass is 32.2. The number of nitrogens with zero attached hydrogens (tertiary/aromatic N) is 2. The number of hydrogen-bond donors (Lipinski definition) is 4. The van der Waals surface area contributed by atoms with E-state index >= 15 is 0 Å². The molecule has 0 aromatic heterocycles. The molecule has 2 saturated carbocycles. The van der Waals surface area contributed by atoms with Gasteiger partial charge in [0.15, 0.2) is 0 Å². The van der Waals surface area contributed by atoms with Crippen molar-refractivity contribution in [3.05, 3.63) is 0 Å². The Morgan fingerprint density at radius 1 is 1.09 bits per heavy atom. The van der Waals surface area contributed by atoms with Crippen LogP contribution in [-0.2, 0) is 10.0 Å². The van der Waals surface area contributed by atoms with Crippen molar-refractivity contribution in [1.29, 1.82) is 0 Å². The number of sulfonamides is 1. The minimum atomic E-state index is -3.41. The van der Waals surface area contributed by atoms with Gasteiger partial charge in [0, 0.05) is 23.4 Å². The summed E-state index contributed by atoms with van der Waals surface area (Å²) in [6.45, 7) is 9.09. The molecule has 182 valence electrons. The van der Waals surface area contributed by atoms with Gasteiger partial charge in [0.25, 0.3) is 0 Å². The van der Waals surface area contributed by atoms with Crippen molar-refractivity contribution in [2.45, 2.75) is 110 Å². The fourth-order valence-corrected chi connectivity index (χ4v) is 9.92. The van der Waals surface area contributed by atoms with Crippen LogP contribution in [0, 0.1) is 0 Å². The van der Waals surface area contributed by atoms with Crippen LogP contribution in [0.25, 0.3) is 0 Å². The zero-order chi connectivity index (χ0) is 22.8. The molecular formula is C20H36N6O3S3. The molecule has 8 unspecified atom stereocenters. The Morgan fingerprint density at radius 3 is 2.44 bits per heavy atom. The molecule has 9 nitrogen and oxygen atoms in total. The third kappa shape index (κ3) is 4.40. The quantitative estimate of drug-likeness (QED) is 0.430. The molecule has 4 N–H and O–H groups in total. The number of amides is 2. The van der Waals surface area contributed by atoms with Gasteiger partial charge in [0.1, 0.15) is 5.50 Å². The largest absolute Gasteiger partial charge is 0.322 e. The van der Waals surface area contributed by atoms with E-state index < -0.39 is 15.3 Å². The highest BCUT2D eigenvalue weighted by molar-refractivity contribution is 8.01. The highest BCUT2D eigenvalue weighted by Gasteiger charge is 2.55. The number of hydrogen-bond acceptors (Lipinski definition) is 8. The molecule has 3 saturated heterocycles. The first kappa shape index (κ1) is 23.5. The second-order valence-corrected chi connectivity index (χ2v) is 15.3. The first-order valence-electron chi connectivity index (χ1n) is 11.8. The SMILES string of the molecule is CC1NC(C)C(CN2C(=O)N(C3NNC(C)S3)C3CC(S(=O)(=O)NC4(C)CC4)CCC32)S1. The lowest BCUT2D eigenvalue weighted by Crippen LogP contribution is -2.53. The lowest BCUT2D eigenvalue weighted by molar-refractivity contribution is 0.170. The van der Waals surface area contributed by atoms with E-state index in [0.717, 1.165) is 19.3 Å². The number of nitrogens with one attached hydrogen (secondary N) is 4. The van der Waals surface area contributed by atoms with E-state index in [9.17, 15) is 13.2 Å². The van der Waals surface area contributed by atoms with Gasteiger partial charge in [-0.05, 0) is 59.8 Å². The molecule has 2 aliphatic carbocycles. The van der Waals surface area contributed by atoms with Gasteiger partial charge in [0.05, 0.1) is 28.1 Å². The van der Waals surface area contributed by atoms with Crippen LogP contribution in [0.15, 0.2) is 0 Å². The van der Waals surface area contributed by atoms with Crippen LogP contribution in [-0.4, -0.2) is 81.2 Å². The van der Waals surface area contributed by atoms with E-state index in [0.29, 0.717) is 36.1 Å². The topological polar surface area (TPSA) is 106 Å². The zero-order valence-electron chi connectivity index (χ0n) is 19.2. The molecule has 0 aromatic carbocycles. The number of rotatable bonds is 6. The van der Waals surface area contributed by atoms with E-state index in [1.165, 1.54) is 0 Å². The molecule has 32 heavy (non-hydrogen) atoms. The second kappa shape index (κ2) is 8.46. The Bertz CT molecular complexity index is 856. The number of hydrazine groups is 1. The summed E-state index contributed by atoms with van der Waals surface area (Å²) in [7, 11) is -3.41. The minimum absolute atomic E-state index is 0.0356. The zero-order valence-corrected chi connectivity index (χ0v) is 21.7. The predicted octanol–water partition coefficient (Wildman–Crippen LogP) is 1.40. The summed E-state index contributed by atoms with van der Waals surface area (Å²) in [4.78, 5) is 17.7. The molecule has 8 atom stereocenters. The summed E-state index contributed by atoms with van der Waals surface area (Å²) in [5.41, 5.74) is 6.00. The number of urea groups is 1. The molecule has 0 bridgehead atoms. The minimum Gasteiger partial charge on any atom is -0.318 e. The van der Waals surface area contributed by atoms with Gasteiger partial charge in [-0.15, -0.1) is 23.5 Å². The number of thioether (sulfide) groups is 2. The molecule has 3 heterocycles. The van der Waals surface area contributed by atoms with Crippen LogP contribution in [0.3, 0.4) is 0 Å². The molecular weight excluding hydrogens is 468 g/mol. The van der Waals surface area contributed by atoms with Gasteiger partial charge in [-0.2, -0.15) is 0 Å². The molecule has 3 aliphatic heterocycles. The Kier molecular flexibility index (Phi) is 6.21. The molecule has 12 heteroatoms. The van der Waals surface area contributed by atoms with Crippen LogP contribution in [0.2, 0.25) is 0 Å². The van der Waals surface area contributed by atoms with Crippen LogP contribution >= 0.6 is 23.5 Å². The fourth-order valence-electron chi connectivity index (χ4n) is 5.55. The van der Waals surface area contributed by atoms with Gasteiger partial charge < -0.3 is 10.2 Å². The van der Waals surface area contributed by atoms with Crippen LogP contribution in [0.5, 0.6) is 0 Å². The maximum atomic E-state index is 13.7. The first-order chi connectivity index (χ1) is 15.1. The smallest absolute Gasteiger partial charge is 0.318 e. The van der Waals surface area contributed by atoms with Crippen molar-refractivity contribution < 1.29 is 13.2 Å². The summed E-state index contributed by atoms with van der Waals surface area (Å²) < 4.78 is 29.3. The molecule has 5 fully saturated rings. The predicted molar refractivity (Wildman–Crippen MR) is 129 cm³/mol. The lowest BCUT2D eigenvalue weighted by Gasteiger charge is -2.38. The summed E-state index contributed by atoms with van der Waals surface area (Å²) in [6, 6.07) is 0.339. The molecule has 0 radical (unpaired) electrons. The van der Waals surface area contributed by atoms with Crippen molar-refractivity contribution in [2.75, 3.05) is 6.54 Å². The molecule has 5 aliphatic rings. The third-order valence-electron chi connectivity index (χ3n) is 7.59. The number of fused-ring (bicyclic) bond motifs is 1. The maximum Gasteiger partial charge on any atom is 0.322 e. The lowest BCUT2D eigenvalue weighted by atomic mass is 9.89. The van der Waals surface area contributed by atoms with Crippen molar-refractivity contribution in [1.82, 2.24) is 30.7 Å². The average Bonchev–Trinajstić information content (AvgIpc) is 3.01. The standard InChI is InChI=1S/C20H36N6O3S3/c1-11-17(30-12(2)21-11)10-25-15-6-5-14(32(28,29)24-20(4)7-8-20)9-16(15)26(19(25)27)18-23-22-13(3)31-18/h11-18,21-24H,5-10H2,1-4H3. The third-order valence-corrected chi connectivity index (χ3v) is 12.3. The van der Waals surface area contributed by atoms with E-state index in [1.807, 2.05) is 28.5 Å². The maximum absolute atomic E-state index is 13.7. The Balaban J connectivity index is 1.37. The fraction of sp³-hybridized carbons (Fsp3) is 0.950. The summed E-state index contributed by atoms with van der Waals surface area (Å²) in [6.07, 6.45) is 3.63. The monoisotopic (exact) mass is 504 g/mol. The van der Waals surface area contributed by atoms with E-state index in [2.05, 4.69) is 41.7 Å². The Hall–Kier alpha value is -0.240. The van der Waals surface area contributed by atoms with E-state index in [-0.39, 0.29) is 34.5 Å². The van der Waals surface area contributed by atoms with Crippen LogP contribution < -0.4 is 20.9 Å². The molecule has 2 amide bonds. The Morgan fingerprint density at radius 2 is 1.84 bits per heavy atom. The van der Waals surface area contributed by atoms with Crippen molar-refractivity contribution in [3.8, 4) is 0 Å². The average molecular weight is 505 g/mol. The van der Waals surface area contributed by atoms with Gasteiger partial charge in [-0.25, -0.2) is 28.8 Å². The Labute approximate surface area is 200 Å². The highest BCUT2D eigenvalue weighted by Crippen LogP contribution is 2.42. The second-order valence-electron chi connectivity index (χ2n) is 10.3.